The number of carboxylic acid groups (broad SMARTS) is 2. The van der Waals surface area contributed by atoms with Gasteiger partial charge in [-0.15, -0.1) is 0 Å². The van der Waals surface area contributed by atoms with E-state index in [-0.39, 0.29) is 0 Å². The van der Waals surface area contributed by atoms with Crippen molar-refractivity contribution in [3.63, 3.8) is 0 Å². The highest BCUT2D eigenvalue weighted by Crippen LogP contribution is 2.17. The van der Waals surface area contributed by atoms with Crippen molar-refractivity contribution in [2.45, 2.75) is 80.1 Å². The molecule has 2 N–H and O–H groups in total. The lowest BCUT2D eigenvalue weighted by Gasteiger charge is -2.11. The number of hydrogen-bond acceptors (Lipinski definition) is 2. The number of aliphatic carboxylic acids is 2. The molecule has 1 atom stereocenters. The molecule has 0 radical (unpaired) electrons. The van der Waals surface area contributed by atoms with Crippen LogP contribution >= 0.6 is 0 Å². The van der Waals surface area contributed by atoms with Crippen LogP contribution in [0.25, 0.3) is 0 Å². The first-order valence-corrected chi connectivity index (χ1v) is 8.95. The normalized spacial score (nSPS) is 13.3. The van der Waals surface area contributed by atoms with Crippen molar-refractivity contribution in [3.05, 3.63) is 23.3 Å². The third-order valence-electron chi connectivity index (χ3n) is 3.87. The highest BCUT2D eigenvalue weighted by Gasteiger charge is 2.05. The van der Waals surface area contributed by atoms with Crippen LogP contribution < -0.4 is 0 Å². The number of rotatable bonds is 10. The third kappa shape index (κ3) is 15.3. The van der Waals surface area contributed by atoms with Gasteiger partial charge in [-0.05, 0) is 38.5 Å². The maximum absolute atomic E-state index is 10.5. The van der Waals surface area contributed by atoms with E-state index in [1.807, 2.05) is 6.08 Å². The van der Waals surface area contributed by atoms with Gasteiger partial charge in [0.2, 0.25) is 0 Å². The summed E-state index contributed by atoms with van der Waals surface area (Å²) < 4.78 is 0. The smallest absolute Gasteiger partial charge is 0.330 e. The lowest BCUT2D eigenvalue weighted by atomic mass is 9.95. The first kappa shape index (κ1) is 24.7. The van der Waals surface area contributed by atoms with Crippen LogP contribution in [0, 0.1) is 11.8 Å². The van der Waals surface area contributed by atoms with Crippen LogP contribution in [0.3, 0.4) is 0 Å². The molecule has 1 unspecified atom stereocenters. The van der Waals surface area contributed by atoms with E-state index in [0.29, 0.717) is 23.0 Å². The number of allylic oxidation sites excluding steroid dienone is 2. The molecule has 0 saturated carbocycles. The average molecular weight is 341 g/mol. The molecule has 0 saturated heterocycles. The second-order valence-electron chi connectivity index (χ2n) is 6.67. The fourth-order valence-corrected chi connectivity index (χ4v) is 1.91. The van der Waals surface area contributed by atoms with Crippen LogP contribution in [0.15, 0.2) is 23.3 Å². The first-order valence-electron chi connectivity index (χ1n) is 8.95. The molecule has 4 heteroatoms. The van der Waals surface area contributed by atoms with Gasteiger partial charge in [0.1, 0.15) is 0 Å². The third-order valence-corrected chi connectivity index (χ3v) is 3.87. The highest BCUT2D eigenvalue weighted by molar-refractivity contribution is 5.86. The molecule has 0 aliphatic heterocycles. The van der Waals surface area contributed by atoms with E-state index >= 15 is 0 Å². The van der Waals surface area contributed by atoms with Crippen molar-refractivity contribution in [1.29, 1.82) is 0 Å². The molecular formula is C20H36O4. The lowest BCUT2D eigenvalue weighted by Crippen LogP contribution is -2.00. The summed E-state index contributed by atoms with van der Waals surface area (Å²) in [6.45, 7) is 11.8. The Morgan fingerprint density at radius 1 is 0.917 bits per heavy atom. The highest BCUT2D eigenvalue weighted by atomic mass is 16.4. The molecule has 0 spiro atoms. The van der Waals surface area contributed by atoms with E-state index in [0.717, 1.165) is 19.3 Å². The van der Waals surface area contributed by atoms with Crippen LogP contribution in [0.4, 0.5) is 0 Å². The van der Waals surface area contributed by atoms with Gasteiger partial charge in [0.05, 0.1) is 0 Å². The molecule has 0 aromatic heterocycles. The van der Waals surface area contributed by atoms with Crippen molar-refractivity contribution in [3.8, 4) is 0 Å². The van der Waals surface area contributed by atoms with Gasteiger partial charge < -0.3 is 10.2 Å². The minimum absolute atomic E-state index is 0.439. The predicted molar refractivity (Wildman–Crippen MR) is 100 cm³/mol. The first-order chi connectivity index (χ1) is 11.1. The maximum atomic E-state index is 10.5. The van der Waals surface area contributed by atoms with E-state index in [1.54, 1.807) is 19.9 Å². The molecule has 0 heterocycles. The van der Waals surface area contributed by atoms with Gasteiger partial charge in [-0.25, -0.2) is 9.59 Å². The Labute approximate surface area is 147 Å². The van der Waals surface area contributed by atoms with Crippen LogP contribution in [0.5, 0.6) is 0 Å². The summed E-state index contributed by atoms with van der Waals surface area (Å²) in [4.78, 5) is 20.8. The maximum Gasteiger partial charge on any atom is 0.330 e. The Bertz CT molecular complexity index is 419. The molecule has 0 aliphatic rings. The summed E-state index contributed by atoms with van der Waals surface area (Å²) in [7, 11) is 0. The topological polar surface area (TPSA) is 74.6 Å². The monoisotopic (exact) mass is 340 g/mol. The fourth-order valence-electron chi connectivity index (χ4n) is 1.91. The Kier molecular flexibility index (Phi) is 15.4. The molecule has 0 bridgehead atoms. The van der Waals surface area contributed by atoms with Gasteiger partial charge in [-0.2, -0.15) is 0 Å². The van der Waals surface area contributed by atoms with Crippen molar-refractivity contribution in [2.75, 3.05) is 0 Å². The summed E-state index contributed by atoms with van der Waals surface area (Å²) in [6.07, 6.45) is 10.2. The zero-order valence-electron chi connectivity index (χ0n) is 16.3. The summed E-state index contributed by atoms with van der Waals surface area (Å²) in [5.74, 6) is -0.422. The molecular weight excluding hydrogens is 304 g/mol. The predicted octanol–water partition coefficient (Wildman–Crippen LogP) is 5.69. The van der Waals surface area contributed by atoms with E-state index in [2.05, 4.69) is 27.7 Å². The molecule has 0 fully saturated rings. The zero-order chi connectivity index (χ0) is 19.1. The van der Waals surface area contributed by atoms with E-state index in [9.17, 15) is 9.59 Å². The SMILES string of the molecule is CC(=CCC(C)C)C(=O)O.CCCCC(CC)CC=C(C)C(=O)O. The fraction of sp³-hybridized carbons (Fsp3) is 0.700. The Balaban J connectivity index is 0. The van der Waals surface area contributed by atoms with Crippen LogP contribution in [0.2, 0.25) is 0 Å². The summed E-state index contributed by atoms with van der Waals surface area (Å²) in [5.41, 5.74) is 0.911. The lowest BCUT2D eigenvalue weighted by molar-refractivity contribution is -0.133. The molecule has 0 amide bonds. The number of carbonyl (C=O) groups is 2. The quantitative estimate of drug-likeness (QED) is 0.501. The van der Waals surface area contributed by atoms with Gasteiger partial charge in [0.25, 0.3) is 0 Å². The Hall–Kier alpha value is -1.58. The van der Waals surface area contributed by atoms with Gasteiger partial charge in [0.15, 0.2) is 0 Å². The average Bonchev–Trinajstić information content (AvgIpc) is 2.52. The van der Waals surface area contributed by atoms with Crippen molar-refractivity contribution < 1.29 is 19.8 Å². The second kappa shape index (κ2) is 15.0. The molecule has 140 valence electrons. The molecule has 24 heavy (non-hydrogen) atoms. The summed E-state index contributed by atoms with van der Waals surface area (Å²) in [5, 5.41) is 17.1. The van der Waals surface area contributed by atoms with Crippen molar-refractivity contribution >= 4 is 11.9 Å². The van der Waals surface area contributed by atoms with E-state index in [4.69, 9.17) is 10.2 Å². The second-order valence-corrected chi connectivity index (χ2v) is 6.67. The Morgan fingerprint density at radius 3 is 1.71 bits per heavy atom. The van der Waals surface area contributed by atoms with Crippen LogP contribution in [0.1, 0.15) is 80.1 Å². The van der Waals surface area contributed by atoms with E-state index in [1.165, 1.54) is 19.3 Å². The van der Waals surface area contributed by atoms with Crippen LogP contribution in [-0.2, 0) is 9.59 Å². The number of hydrogen-bond donors (Lipinski definition) is 2. The summed E-state index contributed by atoms with van der Waals surface area (Å²) in [6, 6.07) is 0. The molecule has 0 rings (SSSR count). The molecule has 0 aromatic rings. The van der Waals surface area contributed by atoms with Gasteiger partial charge in [-0.1, -0.05) is 65.5 Å². The molecule has 0 aromatic carbocycles. The molecule has 0 aliphatic carbocycles. The zero-order valence-corrected chi connectivity index (χ0v) is 16.3. The minimum Gasteiger partial charge on any atom is -0.478 e. The number of carboxylic acids is 2. The van der Waals surface area contributed by atoms with E-state index < -0.39 is 11.9 Å². The summed E-state index contributed by atoms with van der Waals surface area (Å²) >= 11 is 0. The van der Waals surface area contributed by atoms with Crippen molar-refractivity contribution in [2.24, 2.45) is 11.8 Å². The van der Waals surface area contributed by atoms with Crippen LogP contribution in [-0.4, -0.2) is 22.2 Å². The van der Waals surface area contributed by atoms with Crippen molar-refractivity contribution in [1.82, 2.24) is 0 Å². The molecule has 4 nitrogen and oxygen atoms in total. The van der Waals surface area contributed by atoms with Gasteiger partial charge in [-0.3, -0.25) is 0 Å². The van der Waals surface area contributed by atoms with Gasteiger partial charge in [0, 0.05) is 11.1 Å². The van der Waals surface area contributed by atoms with Gasteiger partial charge >= 0.3 is 11.9 Å². The largest absolute Gasteiger partial charge is 0.478 e. The standard InChI is InChI=1S/C12H22O2.C8H14O2/c1-4-6-7-11(5-2)9-8-10(3)12(13)14;1-6(2)4-5-7(3)8(9)10/h8,11H,4-7,9H2,1-3H3,(H,13,14);5-6H,4H2,1-3H3,(H,9,10). The minimum atomic E-state index is -0.819. The Morgan fingerprint density at radius 2 is 1.38 bits per heavy atom. The number of unbranched alkanes of at least 4 members (excludes halogenated alkanes) is 1.